The maximum atomic E-state index is 11.1. The highest BCUT2D eigenvalue weighted by molar-refractivity contribution is 8.04. The molecule has 5 nitrogen and oxygen atoms in total. The molecule has 1 aliphatic rings. The summed E-state index contributed by atoms with van der Waals surface area (Å²) in [5.41, 5.74) is 0.758. The standard InChI is InChI=1S/C14H19N3O2S/c1-9-7-11(16-13(15-9)14(2,3)4)17-5-6-20-10(8-17)12(18)19/h7-8H,5-6H2,1-4H3,(H,18,19). The average Bonchev–Trinajstić information content (AvgIpc) is 2.37. The lowest BCUT2D eigenvalue weighted by Gasteiger charge is -2.26. The SMILES string of the molecule is Cc1cc(N2C=C(C(=O)O)SCC2)nc(C(C)(C)C)n1. The Bertz CT molecular complexity index is 564. The van der Waals surface area contributed by atoms with Crippen LogP contribution in [-0.2, 0) is 10.2 Å². The van der Waals surface area contributed by atoms with Crippen LogP contribution in [0.15, 0.2) is 17.2 Å². The smallest absolute Gasteiger partial charge is 0.343 e. The maximum Gasteiger partial charge on any atom is 0.343 e. The molecular weight excluding hydrogens is 274 g/mol. The van der Waals surface area contributed by atoms with E-state index in [0.29, 0.717) is 4.91 Å². The van der Waals surface area contributed by atoms with Crippen LogP contribution in [0.3, 0.4) is 0 Å². The summed E-state index contributed by atoms with van der Waals surface area (Å²) in [6.45, 7) is 8.88. The van der Waals surface area contributed by atoms with Gasteiger partial charge in [-0.25, -0.2) is 14.8 Å². The molecule has 0 atom stereocenters. The molecule has 1 aromatic heterocycles. The molecule has 1 aromatic rings. The van der Waals surface area contributed by atoms with Gasteiger partial charge in [0.1, 0.15) is 16.5 Å². The van der Waals surface area contributed by atoms with Crippen LogP contribution in [0, 0.1) is 6.92 Å². The minimum absolute atomic E-state index is 0.134. The Morgan fingerprint density at radius 1 is 1.40 bits per heavy atom. The van der Waals surface area contributed by atoms with E-state index in [9.17, 15) is 4.79 Å². The fourth-order valence-corrected chi connectivity index (χ4v) is 2.66. The van der Waals surface area contributed by atoms with Gasteiger partial charge in [0.2, 0.25) is 0 Å². The van der Waals surface area contributed by atoms with E-state index in [1.165, 1.54) is 11.8 Å². The van der Waals surface area contributed by atoms with E-state index in [4.69, 9.17) is 5.11 Å². The third-order valence-corrected chi connectivity index (χ3v) is 3.86. The molecule has 0 saturated carbocycles. The highest BCUT2D eigenvalue weighted by atomic mass is 32.2. The molecule has 1 N–H and O–H groups in total. The maximum absolute atomic E-state index is 11.1. The number of rotatable bonds is 2. The average molecular weight is 293 g/mol. The lowest BCUT2D eigenvalue weighted by molar-refractivity contribution is -0.131. The topological polar surface area (TPSA) is 66.3 Å². The first-order valence-corrected chi connectivity index (χ1v) is 7.46. The summed E-state index contributed by atoms with van der Waals surface area (Å²) in [5, 5.41) is 9.09. The molecule has 0 amide bonds. The molecule has 0 fully saturated rings. The number of nitrogens with zero attached hydrogens (tertiary/aromatic N) is 3. The second-order valence-electron chi connectivity index (χ2n) is 5.78. The van der Waals surface area contributed by atoms with Crippen LogP contribution in [0.2, 0.25) is 0 Å². The molecule has 0 unspecified atom stereocenters. The number of carboxylic acids is 1. The van der Waals surface area contributed by atoms with E-state index in [1.807, 2.05) is 17.9 Å². The predicted molar refractivity (Wildman–Crippen MR) is 81.0 cm³/mol. The third kappa shape index (κ3) is 3.30. The molecule has 0 radical (unpaired) electrons. The first-order chi connectivity index (χ1) is 9.27. The molecule has 0 spiro atoms. The summed E-state index contributed by atoms with van der Waals surface area (Å²) in [6.07, 6.45) is 1.66. The van der Waals surface area contributed by atoms with E-state index >= 15 is 0 Å². The fraction of sp³-hybridized carbons (Fsp3) is 0.500. The summed E-state index contributed by atoms with van der Waals surface area (Å²) in [6, 6.07) is 1.89. The summed E-state index contributed by atoms with van der Waals surface area (Å²) < 4.78 is 0. The lowest BCUT2D eigenvalue weighted by atomic mass is 9.95. The molecule has 0 aromatic carbocycles. The molecule has 0 bridgehead atoms. The number of thioether (sulfide) groups is 1. The van der Waals surface area contributed by atoms with Crippen molar-refractivity contribution in [2.24, 2.45) is 0 Å². The summed E-state index contributed by atoms with van der Waals surface area (Å²) in [7, 11) is 0. The zero-order valence-corrected chi connectivity index (χ0v) is 13.0. The first kappa shape index (κ1) is 14.8. The second-order valence-corrected chi connectivity index (χ2v) is 6.92. The Balaban J connectivity index is 2.40. The van der Waals surface area contributed by atoms with Crippen LogP contribution >= 0.6 is 11.8 Å². The van der Waals surface area contributed by atoms with Crippen molar-refractivity contribution in [3.8, 4) is 0 Å². The van der Waals surface area contributed by atoms with Gasteiger partial charge in [-0.3, -0.25) is 0 Å². The van der Waals surface area contributed by atoms with Crippen LogP contribution in [0.5, 0.6) is 0 Å². The summed E-state index contributed by atoms with van der Waals surface area (Å²) in [5.74, 6) is 1.39. The zero-order valence-electron chi connectivity index (χ0n) is 12.2. The summed E-state index contributed by atoms with van der Waals surface area (Å²) in [4.78, 5) is 22.4. The fourth-order valence-electron chi connectivity index (χ4n) is 1.83. The van der Waals surface area contributed by atoms with Crippen LogP contribution in [-0.4, -0.2) is 33.3 Å². The van der Waals surface area contributed by atoms with Gasteiger partial charge in [-0.1, -0.05) is 20.8 Å². The monoisotopic (exact) mass is 293 g/mol. The van der Waals surface area contributed by atoms with Crippen molar-refractivity contribution in [2.45, 2.75) is 33.1 Å². The van der Waals surface area contributed by atoms with E-state index in [0.717, 1.165) is 29.6 Å². The number of carbonyl (C=O) groups is 1. The van der Waals surface area contributed by atoms with E-state index in [2.05, 4.69) is 30.7 Å². The van der Waals surface area contributed by atoms with Gasteiger partial charge in [0.05, 0.1) is 0 Å². The Labute approximate surface area is 123 Å². The number of carboxylic acid groups (broad SMARTS) is 1. The lowest BCUT2D eigenvalue weighted by Crippen LogP contribution is -2.27. The molecule has 2 rings (SSSR count). The Morgan fingerprint density at radius 2 is 2.10 bits per heavy atom. The zero-order chi connectivity index (χ0) is 14.9. The van der Waals surface area contributed by atoms with E-state index < -0.39 is 5.97 Å². The van der Waals surface area contributed by atoms with Crippen molar-refractivity contribution in [3.05, 3.63) is 28.7 Å². The van der Waals surface area contributed by atoms with Gasteiger partial charge in [0.15, 0.2) is 0 Å². The second kappa shape index (κ2) is 5.44. The van der Waals surface area contributed by atoms with Gasteiger partial charge in [-0.15, -0.1) is 11.8 Å². The van der Waals surface area contributed by atoms with Crippen molar-refractivity contribution >= 4 is 23.5 Å². The van der Waals surface area contributed by atoms with Crippen LogP contribution in [0.4, 0.5) is 5.82 Å². The number of aromatic nitrogens is 2. The van der Waals surface area contributed by atoms with Crippen molar-refractivity contribution in [1.82, 2.24) is 9.97 Å². The molecule has 2 heterocycles. The van der Waals surface area contributed by atoms with E-state index in [1.54, 1.807) is 6.20 Å². The number of aliphatic carboxylic acids is 1. The number of hydrogen-bond acceptors (Lipinski definition) is 5. The minimum atomic E-state index is -0.887. The predicted octanol–water partition coefficient (Wildman–Crippen LogP) is 2.56. The van der Waals surface area contributed by atoms with Crippen LogP contribution < -0.4 is 4.90 Å². The molecule has 20 heavy (non-hydrogen) atoms. The minimum Gasteiger partial charge on any atom is -0.477 e. The first-order valence-electron chi connectivity index (χ1n) is 6.48. The quantitative estimate of drug-likeness (QED) is 0.904. The summed E-state index contributed by atoms with van der Waals surface area (Å²) >= 11 is 1.36. The molecule has 0 saturated heterocycles. The molecule has 1 aliphatic heterocycles. The van der Waals surface area contributed by atoms with Crippen LogP contribution in [0.25, 0.3) is 0 Å². The largest absolute Gasteiger partial charge is 0.477 e. The molecule has 108 valence electrons. The van der Waals surface area contributed by atoms with Crippen LogP contribution in [0.1, 0.15) is 32.3 Å². The normalized spacial score (nSPS) is 16.0. The highest BCUT2D eigenvalue weighted by Crippen LogP contribution is 2.27. The Morgan fingerprint density at radius 3 is 2.70 bits per heavy atom. The Hall–Kier alpha value is -1.56. The van der Waals surface area contributed by atoms with Gasteiger partial charge in [-0.05, 0) is 6.92 Å². The van der Waals surface area contributed by atoms with Gasteiger partial charge in [0, 0.05) is 35.7 Å². The number of anilines is 1. The van der Waals surface area contributed by atoms with Crippen molar-refractivity contribution in [2.75, 3.05) is 17.2 Å². The van der Waals surface area contributed by atoms with Gasteiger partial charge < -0.3 is 10.0 Å². The highest BCUT2D eigenvalue weighted by Gasteiger charge is 2.22. The molecule has 0 aliphatic carbocycles. The van der Waals surface area contributed by atoms with Gasteiger partial charge in [0.25, 0.3) is 0 Å². The number of aryl methyl sites for hydroxylation is 1. The number of hydrogen-bond donors (Lipinski definition) is 1. The van der Waals surface area contributed by atoms with Gasteiger partial charge in [-0.2, -0.15) is 0 Å². The van der Waals surface area contributed by atoms with Crippen molar-refractivity contribution in [3.63, 3.8) is 0 Å². The van der Waals surface area contributed by atoms with Crippen molar-refractivity contribution < 1.29 is 9.90 Å². The molecule has 6 heteroatoms. The molecular formula is C14H19N3O2S. The Kier molecular flexibility index (Phi) is 4.04. The van der Waals surface area contributed by atoms with Crippen molar-refractivity contribution in [1.29, 1.82) is 0 Å². The van der Waals surface area contributed by atoms with E-state index in [-0.39, 0.29) is 5.41 Å². The van der Waals surface area contributed by atoms with Gasteiger partial charge >= 0.3 is 5.97 Å². The third-order valence-electron chi connectivity index (χ3n) is 2.88.